The highest BCUT2D eigenvalue weighted by molar-refractivity contribution is 5.93. The van der Waals surface area contributed by atoms with Gasteiger partial charge in [-0.05, 0) is 56.5 Å². The molecule has 1 aromatic carbocycles. The Morgan fingerprint density at radius 1 is 1.15 bits per heavy atom. The van der Waals surface area contributed by atoms with Gasteiger partial charge in [-0.1, -0.05) is 6.07 Å². The van der Waals surface area contributed by atoms with Gasteiger partial charge in [0, 0.05) is 37.2 Å². The van der Waals surface area contributed by atoms with E-state index in [2.05, 4.69) is 4.90 Å². The molecule has 1 amide bonds. The third kappa shape index (κ3) is 3.63. The summed E-state index contributed by atoms with van der Waals surface area (Å²) >= 11 is 0. The number of carbonyl (C=O) groups is 1. The molecule has 2 fully saturated rings. The van der Waals surface area contributed by atoms with E-state index < -0.39 is 11.6 Å². The van der Waals surface area contributed by atoms with Gasteiger partial charge in [-0.15, -0.1) is 0 Å². The van der Waals surface area contributed by atoms with Crippen LogP contribution in [0, 0.1) is 24.0 Å². The Hall–Kier alpha value is -2.21. The maximum atomic E-state index is 13.5. The molecule has 2 aliphatic heterocycles. The van der Waals surface area contributed by atoms with E-state index in [1.807, 2.05) is 17.9 Å². The van der Waals surface area contributed by atoms with Crippen molar-refractivity contribution in [3.8, 4) is 0 Å². The fraction of sp³-hybridized carbons (Fsp3) is 0.476. The SMILES string of the molecule is Cc1ccoc1C(=O)N1CC[C@]2(CCCN(Cc3ccc(F)c(F)c3)C2)C1. The number of nitrogens with zero attached hydrogens (tertiary/aromatic N) is 2. The Bertz CT molecular complexity index is 850. The van der Waals surface area contributed by atoms with Gasteiger partial charge < -0.3 is 9.32 Å². The third-order valence-corrected chi connectivity index (χ3v) is 5.91. The smallest absolute Gasteiger partial charge is 0.289 e. The second-order valence-electron chi connectivity index (χ2n) is 7.97. The van der Waals surface area contributed by atoms with Crippen LogP contribution in [0.25, 0.3) is 0 Å². The maximum absolute atomic E-state index is 13.5. The fourth-order valence-corrected chi connectivity index (χ4v) is 4.52. The molecular formula is C21H24F2N2O2. The first-order chi connectivity index (χ1) is 13.0. The normalized spacial score (nSPS) is 23.3. The quantitative estimate of drug-likeness (QED) is 0.815. The molecule has 6 heteroatoms. The van der Waals surface area contributed by atoms with Gasteiger partial charge in [-0.2, -0.15) is 0 Å². The maximum Gasteiger partial charge on any atom is 0.289 e. The number of hydrogen-bond donors (Lipinski definition) is 0. The summed E-state index contributed by atoms with van der Waals surface area (Å²) in [6.45, 7) is 5.74. The van der Waals surface area contributed by atoms with Crippen LogP contribution >= 0.6 is 0 Å². The summed E-state index contributed by atoms with van der Waals surface area (Å²) in [5.74, 6) is -1.22. The zero-order valence-electron chi connectivity index (χ0n) is 15.5. The molecule has 0 radical (unpaired) electrons. The van der Waals surface area contributed by atoms with Crippen molar-refractivity contribution in [1.82, 2.24) is 9.80 Å². The lowest BCUT2D eigenvalue weighted by Gasteiger charge is -2.40. The molecule has 0 N–H and O–H groups in total. The number of piperidine rings is 1. The standard InChI is InChI=1S/C21H24F2N2O2/c1-15-5-10-27-19(15)20(26)25-9-7-21(14-25)6-2-8-24(13-21)12-16-3-4-17(22)18(23)11-16/h3-5,10-11H,2,6-9,12-14H2,1H3/t21-/m0/s1. The van der Waals surface area contributed by atoms with Gasteiger partial charge in [-0.3, -0.25) is 9.69 Å². The average Bonchev–Trinajstić information content (AvgIpc) is 3.24. The minimum atomic E-state index is -0.813. The van der Waals surface area contributed by atoms with Crippen LogP contribution in [0.2, 0.25) is 0 Å². The Morgan fingerprint density at radius 3 is 2.74 bits per heavy atom. The predicted molar refractivity (Wildman–Crippen MR) is 97.3 cm³/mol. The molecule has 2 saturated heterocycles. The van der Waals surface area contributed by atoms with Gasteiger partial charge in [0.25, 0.3) is 5.91 Å². The Balaban J connectivity index is 1.42. The van der Waals surface area contributed by atoms with Crippen molar-refractivity contribution in [2.24, 2.45) is 5.41 Å². The van der Waals surface area contributed by atoms with Crippen molar-refractivity contribution in [2.75, 3.05) is 26.2 Å². The second kappa shape index (κ2) is 7.08. The first-order valence-electron chi connectivity index (χ1n) is 9.45. The highest BCUT2D eigenvalue weighted by Gasteiger charge is 2.43. The summed E-state index contributed by atoms with van der Waals surface area (Å²) in [7, 11) is 0. The molecular weight excluding hydrogens is 350 g/mol. The molecule has 1 atom stereocenters. The van der Waals surface area contributed by atoms with E-state index in [4.69, 9.17) is 4.42 Å². The van der Waals surface area contributed by atoms with Crippen LogP contribution in [0.5, 0.6) is 0 Å². The summed E-state index contributed by atoms with van der Waals surface area (Å²) in [6, 6.07) is 5.92. The molecule has 0 unspecified atom stereocenters. The van der Waals surface area contributed by atoms with Crippen LogP contribution in [0.1, 0.15) is 40.9 Å². The first-order valence-corrected chi connectivity index (χ1v) is 9.45. The number of halogens is 2. The van der Waals surface area contributed by atoms with Gasteiger partial charge in [0.05, 0.1) is 6.26 Å². The van der Waals surface area contributed by atoms with E-state index in [1.54, 1.807) is 12.3 Å². The van der Waals surface area contributed by atoms with Gasteiger partial charge in [-0.25, -0.2) is 8.78 Å². The monoisotopic (exact) mass is 374 g/mol. The molecule has 0 bridgehead atoms. The van der Waals surface area contributed by atoms with Gasteiger partial charge >= 0.3 is 0 Å². The molecule has 2 aromatic rings. The lowest BCUT2D eigenvalue weighted by Crippen LogP contribution is -2.45. The predicted octanol–water partition coefficient (Wildman–Crippen LogP) is 3.99. The summed E-state index contributed by atoms with van der Waals surface area (Å²) in [6.07, 6.45) is 4.65. The van der Waals surface area contributed by atoms with Crippen LogP contribution in [0.3, 0.4) is 0 Å². The van der Waals surface area contributed by atoms with Crippen LogP contribution in [-0.2, 0) is 6.54 Å². The van der Waals surface area contributed by atoms with Crippen molar-refractivity contribution < 1.29 is 18.0 Å². The molecule has 3 heterocycles. The largest absolute Gasteiger partial charge is 0.459 e. The highest BCUT2D eigenvalue weighted by atomic mass is 19.2. The zero-order valence-corrected chi connectivity index (χ0v) is 15.5. The molecule has 4 rings (SSSR count). The zero-order chi connectivity index (χ0) is 19.0. The lowest BCUT2D eigenvalue weighted by molar-refractivity contribution is 0.0650. The summed E-state index contributed by atoms with van der Waals surface area (Å²) in [4.78, 5) is 16.9. The number of furan rings is 1. The van der Waals surface area contributed by atoms with E-state index in [0.29, 0.717) is 12.3 Å². The van der Waals surface area contributed by atoms with E-state index in [-0.39, 0.29) is 11.3 Å². The van der Waals surface area contributed by atoms with Gasteiger partial charge in [0.2, 0.25) is 0 Å². The van der Waals surface area contributed by atoms with Crippen LogP contribution in [-0.4, -0.2) is 41.9 Å². The third-order valence-electron chi connectivity index (χ3n) is 5.91. The fourth-order valence-electron chi connectivity index (χ4n) is 4.52. The van der Waals surface area contributed by atoms with E-state index in [1.165, 1.54) is 12.1 Å². The Labute approximate surface area is 157 Å². The first kappa shape index (κ1) is 18.2. The van der Waals surface area contributed by atoms with Crippen LogP contribution < -0.4 is 0 Å². The molecule has 1 aromatic heterocycles. The Kier molecular flexibility index (Phi) is 4.76. The average molecular weight is 374 g/mol. The molecule has 144 valence electrons. The van der Waals surface area contributed by atoms with E-state index in [0.717, 1.165) is 56.6 Å². The van der Waals surface area contributed by atoms with E-state index >= 15 is 0 Å². The number of carbonyl (C=O) groups excluding carboxylic acids is 1. The summed E-state index contributed by atoms with van der Waals surface area (Å²) < 4.78 is 32.0. The Morgan fingerprint density at radius 2 is 2.00 bits per heavy atom. The van der Waals surface area contributed by atoms with Gasteiger partial charge in [0.1, 0.15) is 0 Å². The molecule has 27 heavy (non-hydrogen) atoms. The molecule has 0 aliphatic carbocycles. The van der Waals surface area contributed by atoms with Crippen molar-refractivity contribution in [3.63, 3.8) is 0 Å². The lowest BCUT2D eigenvalue weighted by atomic mass is 9.79. The minimum Gasteiger partial charge on any atom is -0.459 e. The number of hydrogen-bond acceptors (Lipinski definition) is 3. The molecule has 4 nitrogen and oxygen atoms in total. The van der Waals surface area contributed by atoms with Gasteiger partial charge in [0.15, 0.2) is 17.4 Å². The van der Waals surface area contributed by atoms with E-state index in [9.17, 15) is 13.6 Å². The summed E-state index contributed by atoms with van der Waals surface area (Å²) in [5, 5.41) is 0. The van der Waals surface area contributed by atoms with Crippen molar-refractivity contribution in [2.45, 2.75) is 32.7 Å². The second-order valence-corrected chi connectivity index (χ2v) is 7.97. The number of amides is 1. The highest BCUT2D eigenvalue weighted by Crippen LogP contribution is 2.40. The topological polar surface area (TPSA) is 36.7 Å². The molecule has 0 saturated carbocycles. The number of aryl methyl sites for hydroxylation is 1. The number of rotatable bonds is 3. The van der Waals surface area contributed by atoms with Crippen molar-refractivity contribution in [3.05, 3.63) is 59.1 Å². The summed E-state index contributed by atoms with van der Waals surface area (Å²) in [5.41, 5.74) is 1.72. The van der Waals surface area contributed by atoms with Crippen LogP contribution in [0.4, 0.5) is 8.78 Å². The number of likely N-dealkylation sites (tertiary alicyclic amines) is 2. The number of benzene rings is 1. The molecule has 1 spiro atoms. The van der Waals surface area contributed by atoms with Crippen molar-refractivity contribution >= 4 is 5.91 Å². The minimum absolute atomic E-state index is 0.0351. The molecule has 2 aliphatic rings. The van der Waals surface area contributed by atoms with Crippen LogP contribution in [0.15, 0.2) is 34.9 Å². The van der Waals surface area contributed by atoms with Crippen molar-refractivity contribution in [1.29, 1.82) is 0 Å².